The Morgan fingerprint density at radius 3 is 2.51 bits per heavy atom. The second-order valence-corrected chi connectivity index (χ2v) is 13.0. The predicted molar refractivity (Wildman–Crippen MR) is 167 cm³/mol. The van der Waals surface area contributed by atoms with Gasteiger partial charge in [0.15, 0.2) is 11.8 Å². The molecular formula is C31H36ClF2N9O2. The number of rotatable bonds is 9. The molecule has 0 bridgehead atoms. The number of alkyl halides is 2. The number of H-pyrrole nitrogens is 1. The first-order valence-electron chi connectivity index (χ1n) is 14.3. The van der Waals surface area contributed by atoms with Crippen molar-refractivity contribution in [3.8, 4) is 22.5 Å². The Labute approximate surface area is 265 Å². The van der Waals surface area contributed by atoms with Crippen molar-refractivity contribution >= 4 is 23.7 Å². The average molecular weight is 640 g/mol. The summed E-state index contributed by atoms with van der Waals surface area (Å²) in [5, 5.41) is 23.6. The van der Waals surface area contributed by atoms with E-state index in [4.69, 9.17) is 21.7 Å². The molecule has 0 saturated carbocycles. The predicted octanol–water partition coefficient (Wildman–Crippen LogP) is 6.29. The van der Waals surface area contributed by atoms with Crippen LogP contribution in [-0.4, -0.2) is 74.1 Å². The summed E-state index contributed by atoms with van der Waals surface area (Å²) in [6.07, 6.45) is 4.28. The third-order valence-corrected chi connectivity index (χ3v) is 7.97. The minimum absolute atomic E-state index is 0.0305. The van der Waals surface area contributed by atoms with Crippen molar-refractivity contribution in [2.75, 3.05) is 27.2 Å². The molecule has 1 aliphatic rings. The summed E-state index contributed by atoms with van der Waals surface area (Å²) in [7, 11) is 3.22. The van der Waals surface area contributed by atoms with E-state index in [2.05, 4.69) is 46.4 Å². The highest BCUT2D eigenvalue weighted by Crippen LogP contribution is 2.42. The van der Waals surface area contributed by atoms with Crippen LogP contribution in [0.3, 0.4) is 0 Å². The fraction of sp³-hybridized carbons (Fsp3) is 0.387. The lowest BCUT2D eigenvalue weighted by Crippen LogP contribution is -2.43. The van der Waals surface area contributed by atoms with E-state index in [0.717, 1.165) is 16.7 Å². The maximum absolute atomic E-state index is 13.1. The lowest BCUT2D eigenvalue weighted by molar-refractivity contribution is 0.0566. The van der Waals surface area contributed by atoms with Crippen molar-refractivity contribution in [3.05, 3.63) is 77.3 Å². The van der Waals surface area contributed by atoms with Crippen LogP contribution >= 0.6 is 11.6 Å². The fourth-order valence-corrected chi connectivity index (χ4v) is 5.94. The van der Waals surface area contributed by atoms with Crippen molar-refractivity contribution in [2.24, 2.45) is 5.41 Å². The fourth-order valence-electron chi connectivity index (χ4n) is 5.73. The summed E-state index contributed by atoms with van der Waals surface area (Å²) in [6, 6.07) is 12.6. The molecule has 2 aromatic heterocycles. The highest BCUT2D eigenvalue weighted by molar-refractivity contribution is 6.33. The van der Waals surface area contributed by atoms with Gasteiger partial charge in [0, 0.05) is 38.0 Å². The van der Waals surface area contributed by atoms with E-state index in [1.807, 2.05) is 41.3 Å². The van der Waals surface area contributed by atoms with Crippen LogP contribution in [0.25, 0.3) is 22.5 Å². The molecule has 4 aromatic rings. The first kappa shape index (κ1) is 31.9. The lowest BCUT2D eigenvalue weighted by atomic mass is 9.76. The minimum Gasteiger partial charge on any atom is -0.447 e. The molecule has 2 aromatic carbocycles. The minimum atomic E-state index is -2.72. The number of aromatic nitrogens is 5. The van der Waals surface area contributed by atoms with E-state index in [0.29, 0.717) is 39.6 Å². The summed E-state index contributed by atoms with van der Waals surface area (Å²) < 4.78 is 32.5. The van der Waals surface area contributed by atoms with Gasteiger partial charge in [-0.05, 0) is 40.7 Å². The summed E-state index contributed by atoms with van der Waals surface area (Å²) in [5.74, 6) is 0.658. The largest absolute Gasteiger partial charge is 0.447 e. The number of benzene rings is 2. The molecule has 0 aliphatic carbocycles. The summed E-state index contributed by atoms with van der Waals surface area (Å²) >= 11 is 6.53. The van der Waals surface area contributed by atoms with E-state index < -0.39 is 24.2 Å². The normalized spacial score (nSPS) is 17.4. The molecule has 1 fully saturated rings. The number of carbonyl (C=O) groups excluding carboxylic acids is 1. The first-order chi connectivity index (χ1) is 21.3. The Balaban J connectivity index is 1.52. The van der Waals surface area contributed by atoms with Crippen LogP contribution in [0.2, 0.25) is 5.02 Å². The molecule has 1 saturated heterocycles. The van der Waals surface area contributed by atoms with Gasteiger partial charge in [0.1, 0.15) is 12.9 Å². The van der Waals surface area contributed by atoms with Crippen LogP contribution in [0.15, 0.2) is 61.2 Å². The zero-order valence-corrected chi connectivity index (χ0v) is 26.4. The van der Waals surface area contributed by atoms with Crippen molar-refractivity contribution in [3.63, 3.8) is 0 Å². The smallest absolute Gasteiger partial charge is 0.409 e. The molecule has 5 rings (SSSR count). The lowest BCUT2D eigenvalue weighted by Gasteiger charge is -2.37. The average Bonchev–Trinajstić information content (AvgIpc) is 3.75. The number of guanidine groups is 1. The highest BCUT2D eigenvalue weighted by Gasteiger charge is 2.47. The molecule has 1 aliphatic heterocycles. The van der Waals surface area contributed by atoms with Crippen molar-refractivity contribution in [1.29, 1.82) is 5.41 Å². The van der Waals surface area contributed by atoms with Gasteiger partial charge in [0.05, 0.1) is 22.8 Å². The molecule has 14 heteroatoms. The van der Waals surface area contributed by atoms with E-state index in [1.165, 1.54) is 23.6 Å². The molecule has 238 valence electrons. The van der Waals surface area contributed by atoms with Gasteiger partial charge in [0.2, 0.25) is 0 Å². The standard InChI is InChI=1S/C31H36ClF2N9O2/c1-30(2,3)16-31(22-9-6-19(7-10-22)21-13-38-43(14-21)27(33)34)17-42(28(35)39-31)25(15-45-29(44)41(4)5)20-8-11-24(32)23(12-20)26-36-18-37-40-26/h6-14,18,25,27H,15-17H2,1-5H3,(H2,35,39)(H,36,37,40)/t25-,31+/m1/s1. The number of ether oxygens (including phenoxy) is 1. The zero-order chi connectivity index (χ0) is 32.5. The van der Waals surface area contributed by atoms with Crippen molar-refractivity contribution in [2.45, 2.75) is 45.3 Å². The number of hydrogen-bond acceptors (Lipinski definition) is 6. The van der Waals surface area contributed by atoms with Crippen molar-refractivity contribution < 1.29 is 18.3 Å². The highest BCUT2D eigenvalue weighted by atomic mass is 35.5. The maximum Gasteiger partial charge on any atom is 0.409 e. The van der Waals surface area contributed by atoms with Gasteiger partial charge in [-0.2, -0.15) is 19.0 Å². The van der Waals surface area contributed by atoms with E-state index in [9.17, 15) is 13.6 Å². The first-order valence-corrected chi connectivity index (χ1v) is 14.7. The van der Waals surface area contributed by atoms with Gasteiger partial charge in [-0.3, -0.25) is 10.5 Å². The maximum atomic E-state index is 13.1. The van der Waals surface area contributed by atoms with Gasteiger partial charge in [0.25, 0.3) is 0 Å². The van der Waals surface area contributed by atoms with Crippen LogP contribution in [0.5, 0.6) is 0 Å². The number of nitrogens with one attached hydrogen (secondary N) is 3. The van der Waals surface area contributed by atoms with E-state index >= 15 is 0 Å². The third-order valence-electron chi connectivity index (χ3n) is 7.64. The second-order valence-electron chi connectivity index (χ2n) is 12.5. The Hall–Kier alpha value is -4.52. The van der Waals surface area contributed by atoms with Gasteiger partial charge in [-0.15, -0.1) is 0 Å². The number of hydrogen-bond donors (Lipinski definition) is 3. The van der Waals surface area contributed by atoms with E-state index in [-0.39, 0.29) is 18.0 Å². The Kier molecular flexibility index (Phi) is 8.83. The van der Waals surface area contributed by atoms with Crippen LogP contribution < -0.4 is 5.32 Å². The quantitative estimate of drug-likeness (QED) is 0.196. The molecule has 3 N–H and O–H groups in total. The molecule has 0 radical (unpaired) electrons. The second kappa shape index (κ2) is 12.5. The SMILES string of the molecule is CN(C)C(=O)OC[C@H](c1ccc(Cl)c(-c2ncn[nH]2)c1)N1C[C@@](CC(C)(C)C)(c2ccc(-c3cnn(C(F)F)c3)cc2)NC1=N. The number of carbonyl (C=O) groups is 1. The summed E-state index contributed by atoms with van der Waals surface area (Å²) in [4.78, 5) is 20.0. The number of nitrogens with zero attached hydrogens (tertiary/aromatic N) is 6. The number of halogens is 3. The molecule has 0 spiro atoms. The van der Waals surface area contributed by atoms with E-state index in [1.54, 1.807) is 20.2 Å². The molecule has 3 heterocycles. The Morgan fingerprint density at radius 2 is 1.91 bits per heavy atom. The summed E-state index contributed by atoms with van der Waals surface area (Å²) in [5.41, 5.74) is 2.81. The zero-order valence-electron chi connectivity index (χ0n) is 25.7. The number of aromatic amines is 1. The molecule has 2 atom stereocenters. The topological polar surface area (TPSA) is 128 Å². The Morgan fingerprint density at radius 1 is 1.18 bits per heavy atom. The summed E-state index contributed by atoms with van der Waals surface area (Å²) in [6.45, 7) is 4.04. The van der Waals surface area contributed by atoms with Crippen LogP contribution in [0.4, 0.5) is 13.6 Å². The third kappa shape index (κ3) is 6.93. The van der Waals surface area contributed by atoms with Gasteiger partial charge >= 0.3 is 12.6 Å². The van der Waals surface area contributed by atoms with Gasteiger partial charge < -0.3 is 19.9 Å². The Bertz CT molecular complexity index is 1650. The molecule has 11 nitrogen and oxygen atoms in total. The molecular weight excluding hydrogens is 604 g/mol. The van der Waals surface area contributed by atoms with Gasteiger partial charge in [-0.25, -0.2) is 14.5 Å². The van der Waals surface area contributed by atoms with Crippen LogP contribution in [0, 0.1) is 10.8 Å². The van der Waals surface area contributed by atoms with Crippen LogP contribution in [-0.2, 0) is 10.3 Å². The molecule has 45 heavy (non-hydrogen) atoms. The number of amides is 1. The van der Waals surface area contributed by atoms with Crippen molar-refractivity contribution in [1.82, 2.24) is 40.1 Å². The van der Waals surface area contributed by atoms with Gasteiger partial charge in [-0.1, -0.05) is 62.7 Å². The van der Waals surface area contributed by atoms with Crippen LogP contribution in [0.1, 0.15) is 50.9 Å². The monoisotopic (exact) mass is 639 g/mol. The molecule has 1 amide bonds. The molecule has 0 unspecified atom stereocenters.